The number of anilines is 1. The first-order chi connectivity index (χ1) is 12.5. The lowest BCUT2D eigenvalue weighted by molar-refractivity contribution is -0.123. The number of hydrogen-bond acceptors (Lipinski definition) is 6. The van der Waals surface area contributed by atoms with Crippen LogP contribution in [0.5, 0.6) is 0 Å². The molecular formula is C17H14ClN5O3. The average Bonchev–Trinajstić information content (AvgIpc) is 3.18. The quantitative estimate of drug-likeness (QED) is 0.692. The molecule has 0 unspecified atom stereocenters. The van der Waals surface area contributed by atoms with Crippen molar-refractivity contribution in [3.63, 3.8) is 0 Å². The summed E-state index contributed by atoms with van der Waals surface area (Å²) >= 11 is 5.74. The molecule has 1 aromatic carbocycles. The topological polar surface area (TPSA) is 99.0 Å². The van der Waals surface area contributed by atoms with Crippen LogP contribution < -0.4 is 5.32 Å². The van der Waals surface area contributed by atoms with Gasteiger partial charge in [0.25, 0.3) is 5.91 Å². The number of rotatable bonds is 5. The normalized spacial score (nSPS) is 11.6. The van der Waals surface area contributed by atoms with Crippen molar-refractivity contribution in [3.05, 3.63) is 65.8 Å². The van der Waals surface area contributed by atoms with Gasteiger partial charge in [-0.1, -0.05) is 11.6 Å². The highest BCUT2D eigenvalue weighted by Gasteiger charge is 2.19. The zero-order valence-electron chi connectivity index (χ0n) is 13.7. The lowest BCUT2D eigenvalue weighted by Crippen LogP contribution is -2.30. The Bertz CT molecular complexity index is 895. The molecule has 26 heavy (non-hydrogen) atoms. The second kappa shape index (κ2) is 7.75. The van der Waals surface area contributed by atoms with Gasteiger partial charge in [0.05, 0.1) is 16.3 Å². The lowest BCUT2D eigenvalue weighted by Gasteiger charge is -2.13. The molecule has 0 aliphatic heterocycles. The molecule has 3 aromatic rings. The number of amides is 1. The Labute approximate surface area is 153 Å². The van der Waals surface area contributed by atoms with Crippen LogP contribution in [0.4, 0.5) is 5.82 Å². The molecule has 9 heteroatoms. The van der Waals surface area contributed by atoms with Crippen molar-refractivity contribution >= 4 is 29.3 Å². The Morgan fingerprint density at radius 1 is 1.19 bits per heavy atom. The summed E-state index contributed by atoms with van der Waals surface area (Å²) in [6, 6.07) is 9.73. The first-order valence-electron chi connectivity index (χ1n) is 7.61. The van der Waals surface area contributed by atoms with Gasteiger partial charge in [-0.15, -0.1) is 0 Å². The minimum absolute atomic E-state index is 0.318. The second-order valence-electron chi connectivity index (χ2n) is 5.29. The number of ether oxygens (including phenoxy) is 1. The molecule has 1 amide bonds. The molecular weight excluding hydrogens is 358 g/mol. The predicted octanol–water partition coefficient (Wildman–Crippen LogP) is 2.50. The SMILES string of the molecule is C[C@@H](OC(=O)c1ccc(-n2cncn2)cc1)C(=O)Nc1ccc(Cl)cn1. The fourth-order valence-electron chi connectivity index (χ4n) is 2.05. The molecule has 1 atom stereocenters. The van der Waals surface area contributed by atoms with Crippen LogP contribution in [0.1, 0.15) is 17.3 Å². The Kier molecular flexibility index (Phi) is 5.23. The maximum Gasteiger partial charge on any atom is 0.338 e. The Balaban J connectivity index is 1.59. The molecule has 0 aliphatic rings. The van der Waals surface area contributed by atoms with Crippen molar-refractivity contribution in [3.8, 4) is 5.69 Å². The van der Waals surface area contributed by atoms with Crippen LogP contribution in [0.15, 0.2) is 55.2 Å². The smallest absolute Gasteiger partial charge is 0.338 e. The molecule has 0 aliphatic carbocycles. The molecule has 0 saturated heterocycles. The van der Waals surface area contributed by atoms with Gasteiger partial charge in [0.2, 0.25) is 0 Å². The summed E-state index contributed by atoms with van der Waals surface area (Å²) in [5.74, 6) is -0.784. The number of esters is 1. The highest BCUT2D eigenvalue weighted by Crippen LogP contribution is 2.12. The molecule has 8 nitrogen and oxygen atoms in total. The summed E-state index contributed by atoms with van der Waals surface area (Å²) in [5, 5.41) is 7.00. The maximum atomic E-state index is 12.2. The zero-order valence-corrected chi connectivity index (χ0v) is 14.4. The van der Waals surface area contributed by atoms with Crippen LogP contribution in [-0.2, 0) is 9.53 Å². The third-order valence-electron chi connectivity index (χ3n) is 3.42. The summed E-state index contributed by atoms with van der Waals surface area (Å²) < 4.78 is 6.74. The maximum absolute atomic E-state index is 12.2. The van der Waals surface area contributed by atoms with Gasteiger partial charge in [-0.05, 0) is 43.3 Å². The van der Waals surface area contributed by atoms with Gasteiger partial charge in [-0.3, -0.25) is 4.79 Å². The molecule has 132 valence electrons. The van der Waals surface area contributed by atoms with Crippen LogP contribution in [0.2, 0.25) is 5.02 Å². The van der Waals surface area contributed by atoms with E-state index < -0.39 is 18.0 Å². The van der Waals surface area contributed by atoms with E-state index in [-0.39, 0.29) is 0 Å². The molecule has 3 rings (SSSR count). The summed E-state index contributed by atoms with van der Waals surface area (Å²) in [5.41, 5.74) is 1.07. The van der Waals surface area contributed by atoms with Crippen molar-refractivity contribution in [2.45, 2.75) is 13.0 Å². The minimum Gasteiger partial charge on any atom is -0.449 e. The van der Waals surface area contributed by atoms with Crippen LogP contribution >= 0.6 is 11.6 Å². The number of aromatic nitrogens is 4. The molecule has 0 spiro atoms. The molecule has 0 saturated carbocycles. The summed E-state index contributed by atoms with van der Waals surface area (Å²) in [4.78, 5) is 32.1. The standard InChI is InChI=1S/C17H14ClN5O3/c1-11(16(24)22-15-7-4-13(18)8-20-15)26-17(25)12-2-5-14(6-3-12)23-10-19-9-21-23/h2-11H,1H3,(H,20,22,24)/t11-/m1/s1. The molecule has 0 bridgehead atoms. The van der Waals surface area contributed by atoms with Gasteiger partial charge in [-0.2, -0.15) is 5.10 Å². The molecule has 1 N–H and O–H groups in total. The Hall–Kier alpha value is -3.26. The zero-order chi connectivity index (χ0) is 18.5. The van der Waals surface area contributed by atoms with Crippen molar-refractivity contribution in [2.75, 3.05) is 5.32 Å². The van der Waals surface area contributed by atoms with E-state index in [4.69, 9.17) is 16.3 Å². The number of carbonyl (C=O) groups excluding carboxylic acids is 2. The van der Waals surface area contributed by atoms with Crippen molar-refractivity contribution < 1.29 is 14.3 Å². The van der Waals surface area contributed by atoms with E-state index in [1.807, 2.05) is 0 Å². The number of pyridine rings is 1. The predicted molar refractivity (Wildman–Crippen MR) is 94.1 cm³/mol. The fraction of sp³-hybridized carbons (Fsp3) is 0.118. The van der Waals surface area contributed by atoms with Gasteiger partial charge in [-0.25, -0.2) is 19.4 Å². The average molecular weight is 372 g/mol. The first-order valence-corrected chi connectivity index (χ1v) is 7.99. The van der Waals surface area contributed by atoms with Gasteiger partial charge >= 0.3 is 5.97 Å². The van der Waals surface area contributed by atoms with E-state index in [1.165, 1.54) is 19.4 Å². The van der Waals surface area contributed by atoms with Gasteiger partial charge in [0.1, 0.15) is 18.5 Å². The highest BCUT2D eigenvalue weighted by molar-refractivity contribution is 6.30. The van der Waals surface area contributed by atoms with Crippen molar-refractivity contribution in [1.82, 2.24) is 19.7 Å². The third kappa shape index (κ3) is 4.22. The monoisotopic (exact) mass is 371 g/mol. The minimum atomic E-state index is -0.991. The van der Waals surface area contributed by atoms with Crippen LogP contribution in [0.25, 0.3) is 5.69 Å². The second-order valence-corrected chi connectivity index (χ2v) is 5.72. The Morgan fingerprint density at radius 3 is 2.58 bits per heavy atom. The molecule has 0 fully saturated rings. The highest BCUT2D eigenvalue weighted by atomic mass is 35.5. The van der Waals surface area contributed by atoms with E-state index in [2.05, 4.69) is 20.4 Å². The number of nitrogens with zero attached hydrogens (tertiary/aromatic N) is 4. The van der Waals surface area contributed by atoms with Crippen molar-refractivity contribution in [2.24, 2.45) is 0 Å². The van der Waals surface area contributed by atoms with E-state index in [9.17, 15) is 9.59 Å². The van der Waals surface area contributed by atoms with Crippen molar-refractivity contribution in [1.29, 1.82) is 0 Å². The number of nitrogens with one attached hydrogen (secondary N) is 1. The molecule has 2 aromatic heterocycles. The van der Waals surface area contributed by atoms with E-state index in [1.54, 1.807) is 47.4 Å². The van der Waals surface area contributed by atoms with Gasteiger partial charge in [0, 0.05) is 6.20 Å². The van der Waals surface area contributed by atoms with E-state index in [0.717, 1.165) is 5.69 Å². The number of benzene rings is 1. The fourth-order valence-corrected chi connectivity index (χ4v) is 2.16. The number of carbonyl (C=O) groups is 2. The molecule has 2 heterocycles. The van der Waals surface area contributed by atoms with Gasteiger partial charge in [0.15, 0.2) is 6.10 Å². The number of hydrogen-bond donors (Lipinski definition) is 1. The largest absolute Gasteiger partial charge is 0.449 e. The van der Waals surface area contributed by atoms with Crippen LogP contribution in [-0.4, -0.2) is 37.7 Å². The lowest BCUT2D eigenvalue weighted by atomic mass is 10.2. The third-order valence-corrected chi connectivity index (χ3v) is 3.64. The van der Waals surface area contributed by atoms with E-state index in [0.29, 0.717) is 16.4 Å². The van der Waals surface area contributed by atoms with Gasteiger partial charge < -0.3 is 10.1 Å². The first kappa shape index (κ1) is 17.6. The summed E-state index contributed by atoms with van der Waals surface area (Å²) in [7, 11) is 0. The van der Waals surface area contributed by atoms with Crippen LogP contribution in [0.3, 0.4) is 0 Å². The summed E-state index contributed by atoms with van der Waals surface area (Å²) in [6.45, 7) is 1.48. The van der Waals surface area contributed by atoms with Crippen LogP contribution in [0, 0.1) is 0 Å². The van der Waals surface area contributed by atoms with E-state index >= 15 is 0 Å². The molecule has 0 radical (unpaired) electrons. The summed E-state index contributed by atoms with van der Waals surface area (Å²) in [6.07, 6.45) is 3.38. The number of halogens is 1. The Morgan fingerprint density at radius 2 is 1.96 bits per heavy atom.